The SMILES string of the molecule is CSc1ncccc1C(=O)N1CCC(CCC(=O)NCc2cccc(Cl)c2)CC1. The van der Waals surface area contributed by atoms with E-state index >= 15 is 0 Å². The minimum absolute atomic E-state index is 0.0557. The Balaban J connectivity index is 1.40. The molecule has 0 unspecified atom stereocenters. The quantitative estimate of drug-likeness (QED) is 0.660. The summed E-state index contributed by atoms with van der Waals surface area (Å²) < 4.78 is 0. The molecule has 0 aliphatic carbocycles. The number of hydrogen-bond acceptors (Lipinski definition) is 4. The number of halogens is 1. The molecule has 0 spiro atoms. The van der Waals surface area contributed by atoms with Gasteiger partial charge in [0.05, 0.1) is 5.56 Å². The van der Waals surface area contributed by atoms with Gasteiger partial charge >= 0.3 is 0 Å². The Morgan fingerprint density at radius 1 is 1.24 bits per heavy atom. The Kier molecular flexibility index (Phi) is 7.95. The fourth-order valence-electron chi connectivity index (χ4n) is 3.58. The number of pyridine rings is 1. The van der Waals surface area contributed by atoms with Crippen molar-refractivity contribution in [2.45, 2.75) is 37.3 Å². The molecule has 2 aromatic rings. The fraction of sp³-hybridized carbons (Fsp3) is 0.409. The molecule has 0 saturated carbocycles. The molecule has 1 N–H and O–H groups in total. The highest BCUT2D eigenvalue weighted by Gasteiger charge is 2.25. The monoisotopic (exact) mass is 431 g/mol. The van der Waals surface area contributed by atoms with Crippen molar-refractivity contribution in [3.05, 3.63) is 58.7 Å². The van der Waals surface area contributed by atoms with Gasteiger partial charge in [0.15, 0.2) is 0 Å². The van der Waals surface area contributed by atoms with Crippen molar-refractivity contribution >= 4 is 35.2 Å². The minimum atomic E-state index is 0.0557. The van der Waals surface area contributed by atoms with Gasteiger partial charge in [0, 0.05) is 37.3 Å². The van der Waals surface area contributed by atoms with Gasteiger partial charge in [0.25, 0.3) is 5.91 Å². The summed E-state index contributed by atoms with van der Waals surface area (Å²) >= 11 is 7.46. The van der Waals surface area contributed by atoms with Crippen molar-refractivity contribution in [2.75, 3.05) is 19.3 Å². The Bertz CT molecular complexity index is 853. The minimum Gasteiger partial charge on any atom is -0.352 e. The van der Waals surface area contributed by atoms with Gasteiger partial charge in [-0.2, -0.15) is 0 Å². The van der Waals surface area contributed by atoms with Gasteiger partial charge in [-0.1, -0.05) is 23.7 Å². The molecule has 1 aliphatic rings. The Labute approximate surface area is 181 Å². The molecule has 1 fully saturated rings. The first-order chi connectivity index (χ1) is 14.1. The van der Waals surface area contributed by atoms with Crippen molar-refractivity contribution in [3.63, 3.8) is 0 Å². The largest absolute Gasteiger partial charge is 0.352 e. The van der Waals surface area contributed by atoms with Crippen LogP contribution in [0.2, 0.25) is 5.02 Å². The van der Waals surface area contributed by atoms with Crippen LogP contribution in [0.3, 0.4) is 0 Å². The highest BCUT2D eigenvalue weighted by Crippen LogP contribution is 2.25. The zero-order chi connectivity index (χ0) is 20.6. The molecule has 7 heteroatoms. The molecule has 1 aromatic carbocycles. The topological polar surface area (TPSA) is 62.3 Å². The Morgan fingerprint density at radius 3 is 2.76 bits per heavy atom. The second-order valence-corrected chi connectivity index (χ2v) is 8.47. The predicted molar refractivity (Wildman–Crippen MR) is 117 cm³/mol. The number of hydrogen-bond donors (Lipinski definition) is 1. The van der Waals surface area contributed by atoms with Gasteiger partial charge in [-0.05, 0) is 61.3 Å². The maximum Gasteiger partial charge on any atom is 0.256 e. The summed E-state index contributed by atoms with van der Waals surface area (Å²) in [4.78, 5) is 31.1. The number of likely N-dealkylation sites (tertiary alicyclic amines) is 1. The number of nitrogens with one attached hydrogen (secondary N) is 1. The number of carbonyl (C=O) groups excluding carboxylic acids is 2. The van der Waals surface area contributed by atoms with Gasteiger partial charge in [0.2, 0.25) is 5.91 Å². The van der Waals surface area contributed by atoms with Crippen LogP contribution in [0.4, 0.5) is 0 Å². The van der Waals surface area contributed by atoms with Crippen LogP contribution in [0.15, 0.2) is 47.6 Å². The lowest BCUT2D eigenvalue weighted by Crippen LogP contribution is -2.39. The zero-order valence-corrected chi connectivity index (χ0v) is 18.1. The van der Waals surface area contributed by atoms with E-state index in [1.807, 2.05) is 47.6 Å². The number of carbonyl (C=O) groups is 2. The van der Waals surface area contributed by atoms with E-state index in [0.29, 0.717) is 29.5 Å². The van der Waals surface area contributed by atoms with E-state index in [4.69, 9.17) is 11.6 Å². The summed E-state index contributed by atoms with van der Waals surface area (Å²) in [7, 11) is 0. The van der Waals surface area contributed by atoms with Crippen LogP contribution in [0.25, 0.3) is 0 Å². The van der Waals surface area contributed by atoms with Crippen molar-refractivity contribution in [2.24, 2.45) is 5.92 Å². The average Bonchev–Trinajstić information content (AvgIpc) is 2.76. The van der Waals surface area contributed by atoms with Crippen LogP contribution in [0.5, 0.6) is 0 Å². The van der Waals surface area contributed by atoms with Crippen LogP contribution < -0.4 is 5.32 Å². The number of rotatable bonds is 7. The van der Waals surface area contributed by atoms with Crippen molar-refractivity contribution in [1.82, 2.24) is 15.2 Å². The lowest BCUT2D eigenvalue weighted by atomic mass is 9.91. The van der Waals surface area contributed by atoms with E-state index in [-0.39, 0.29) is 11.8 Å². The number of aromatic nitrogens is 1. The molecular weight excluding hydrogens is 406 g/mol. The second-order valence-electron chi connectivity index (χ2n) is 7.24. The van der Waals surface area contributed by atoms with Crippen molar-refractivity contribution in [1.29, 1.82) is 0 Å². The Morgan fingerprint density at radius 2 is 2.03 bits per heavy atom. The van der Waals surface area contributed by atoms with Crippen LogP contribution in [0, 0.1) is 5.92 Å². The van der Waals surface area contributed by atoms with E-state index in [2.05, 4.69) is 10.3 Å². The second kappa shape index (κ2) is 10.6. The summed E-state index contributed by atoms with van der Waals surface area (Å²) in [6.07, 6.45) is 6.88. The van der Waals surface area contributed by atoms with Gasteiger partial charge in [-0.25, -0.2) is 4.98 Å². The summed E-state index contributed by atoms with van der Waals surface area (Å²) in [5.41, 5.74) is 1.68. The number of nitrogens with zero attached hydrogens (tertiary/aromatic N) is 2. The lowest BCUT2D eigenvalue weighted by Gasteiger charge is -2.32. The molecule has 0 radical (unpaired) electrons. The molecule has 1 aromatic heterocycles. The number of thioether (sulfide) groups is 1. The molecular formula is C22H26ClN3O2S. The van der Waals surface area contributed by atoms with E-state index in [0.717, 1.165) is 42.9 Å². The third-order valence-corrected chi connectivity index (χ3v) is 6.20. The van der Waals surface area contributed by atoms with Crippen molar-refractivity contribution < 1.29 is 9.59 Å². The third-order valence-electron chi connectivity index (χ3n) is 5.26. The lowest BCUT2D eigenvalue weighted by molar-refractivity contribution is -0.121. The zero-order valence-electron chi connectivity index (χ0n) is 16.6. The first kappa shape index (κ1) is 21.7. The van der Waals surface area contributed by atoms with E-state index in [1.165, 1.54) is 11.8 Å². The molecule has 154 valence electrons. The standard InChI is InChI=1S/C22H26ClN3O2S/c1-29-21-19(6-3-11-24-21)22(28)26-12-9-16(10-13-26)7-8-20(27)25-15-17-4-2-5-18(23)14-17/h2-6,11,14,16H,7-10,12-13,15H2,1H3,(H,25,27). The number of amides is 2. The van der Waals surface area contributed by atoms with E-state index < -0.39 is 0 Å². The molecule has 2 amide bonds. The first-order valence-electron chi connectivity index (χ1n) is 9.86. The molecule has 2 heterocycles. The van der Waals surface area contributed by atoms with E-state index in [9.17, 15) is 9.59 Å². The van der Waals surface area contributed by atoms with Crippen LogP contribution >= 0.6 is 23.4 Å². The Hall–Kier alpha value is -2.05. The average molecular weight is 432 g/mol. The summed E-state index contributed by atoms with van der Waals surface area (Å²) in [6.45, 7) is 1.96. The molecule has 1 saturated heterocycles. The molecule has 0 atom stereocenters. The molecule has 29 heavy (non-hydrogen) atoms. The van der Waals surface area contributed by atoms with Crippen LogP contribution in [0.1, 0.15) is 41.6 Å². The highest BCUT2D eigenvalue weighted by atomic mass is 35.5. The van der Waals surface area contributed by atoms with Gasteiger partial charge < -0.3 is 10.2 Å². The van der Waals surface area contributed by atoms with E-state index in [1.54, 1.807) is 6.20 Å². The van der Waals surface area contributed by atoms with Gasteiger partial charge in [0.1, 0.15) is 5.03 Å². The van der Waals surface area contributed by atoms with Crippen LogP contribution in [-0.4, -0.2) is 41.0 Å². The summed E-state index contributed by atoms with van der Waals surface area (Å²) in [5.74, 6) is 0.591. The predicted octanol–water partition coefficient (Wildman–Crippen LogP) is 4.41. The van der Waals surface area contributed by atoms with Gasteiger partial charge in [-0.15, -0.1) is 11.8 Å². The van der Waals surface area contributed by atoms with Gasteiger partial charge in [-0.3, -0.25) is 9.59 Å². The fourth-order valence-corrected chi connectivity index (χ4v) is 4.34. The molecule has 0 bridgehead atoms. The highest BCUT2D eigenvalue weighted by molar-refractivity contribution is 7.98. The maximum absolute atomic E-state index is 12.8. The number of piperidine rings is 1. The summed E-state index contributed by atoms with van der Waals surface area (Å²) in [5, 5.41) is 4.40. The van der Waals surface area contributed by atoms with Crippen LogP contribution in [-0.2, 0) is 11.3 Å². The maximum atomic E-state index is 12.8. The molecule has 1 aliphatic heterocycles. The third kappa shape index (κ3) is 6.21. The molecule has 5 nitrogen and oxygen atoms in total. The first-order valence-corrected chi connectivity index (χ1v) is 11.5. The van der Waals surface area contributed by atoms with Crippen molar-refractivity contribution in [3.8, 4) is 0 Å². The molecule has 3 rings (SSSR count). The number of benzene rings is 1. The summed E-state index contributed by atoms with van der Waals surface area (Å²) in [6, 6.07) is 11.2. The smallest absolute Gasteiger partial charge is 0.256 e. The normalized spacial score (nSPS) is 14.6.